The third-order valence-electron chi connectivity index (χ3n) is 2.27. The molecule has 2 rings (SSSR count). The first-order chi connectivity index (χ1) is 6.29. The molecule has 0 aliphatic carbocycles. The molecule has 0 unspecified atom stereocenters. The molecule has 1 aliphatic heterocycles. The lowest BCUT2D eigenvalue weighted by atomic mass is 9.98. The lowest BCUT2D eigenvalue weighted by Crippen LogP contribution is -2.35. The van der Waals surface area contributed by atoms with Gasteiger partial charge in [-0.1, -0.05) is 0 Å². The number of benzene rings is 1. The van der Waals surface area contributed by atoms with Gasteiger partial charge in [0, 0.05) is 18.3 Å². The molecular formula is C10H11N3. The van der Waals surface area contributed by atoms with Crippen LogP contribution in [0.3, 0.4) is 0 Å². The van der Waals surface area contributed by atoms with Crippen molar-refractivity contribution in [1.82, 2.24) is 0 Å². The number of anilines is 1. The number of nitrogens with one attached hydrogen (secondary N) is 1. The van der Waals surface area contributed by atoms with E-state index in [9.17, 15) is 0 Å². The summed E-state index contributed by atoms with van der Waals surface area (Å²) in [5.41, 5.74) is 8.76. The van der Waals surface area contributed by atoms with Gasteiger partial charge < -0.3 is 11.1 Å². The van der Waals surface area contributed by atoms with Crippen molar-refractivity contribution in [2.75, 3.05) is 11.9 Å². The van der Waals surface area contributed by atoms with E-state index in [4.69, 9.17) is 11.0 Å². The fourth-order valence-corrected chi connectivity index (χ4v) is 1.60. The van der Waals surface area contributed by atoms with E-state index in [1.165, 1.54) is 0 Å². The van der Waals surface area contributed by atoms with Crippen LogP contribution in [0, 0.1) is 11.3 Å². The summed E-state index contributed by atoms with van der Waals surface area (Å²) in [6, 6.07) is 7.96. The summed E-state index contributed by atoms with van der Waals surface area (Å²) in [6.45, 7) is 0.818. The second kappa shape index (κ2) is 3.08. The SMILES string of the molecule is N#Cc1ccc2c(c1)C[C@@H](N)CN2. The third-order valence-corrected chi connectivity index (χ3v) is 2.27. The van der Waals surface area contributed by atoms with Gasteiger partial charge in [-0.05, 0) is 30.2 Å². The van der Waals surface area contributed by atoms with E-state index in [-0.39, 0.29) is 6.04 Å². The summed E-state index contributed by atoms with van der Waals surface area (Å²) in [5, 5.41) is 11.9. The predicted molar refractivity (Wildman–Crippen MR) is 51.3 cm³/mol. The van der Waals surface area contributed by atoms with E-state index in [0.29, 0.717) is 5.56 Å². The summed E-state index contributed by atoms with van der Waals surface area (Å²) < 4.78 is 0. The molecule has 3 N–H and O–H groups in total. The Balaban J connectivity index is 2.39. The summed E-state index contributed by atoms with van der Waals surface area (Å²) in [6.07, 6.45) is 0.859. The fraction of sp³-hybridized carbons (Fsp3) is 0.300. The molecule has 0 spiro atoms. The van der Waals surface area contributed by atoms with Crippen molar-refractivity contribution in [3.05, 3.63) is 29.3 Å². The molecule has 1 aromatic carbocycles. The Morgan fingerprint density at radius 1 is 1.54 bits per heavy atom. The van der Waals surface area contributed by atoms with Crippen molar-refractivity contribution in [3.63, 3.8) is 0 Å². The van der Waals surface area contributed by atoms with E-state index >= 15 is 0 Å². The molecule has 3 nitrogen and oxygen atoms in total. The van der Waals surface area contributed by atoms with Crippen LogP contribution in [0.4, 0.5) is 5.69 Å². The molecule has 0 saturated carbocycles. The Morgan fingerprint density at radius 2 is 2.38 bits per heavy atom. The number of hydrogen-bond acceptors (Lipinski definition) is 3. The van der Waals surface area contributed by atoms with E-state index in [1.807, 2.05) is 18.2 Å². The minimum Gasteiger partial charge on any atom is -0.383 e. The molecule has 0 bridgehead atoms. The lowest BCUT2D eigenvalue weighted by Gasteiger charge is -2.23. The van der Waals surface area contributed by atoms with E-state index in [1.54, 1.807) is 0 Å². The second-order valence-corrected chi connectivity index (χ2v) is 3.33. The molecule has 1 aromatic rings. The Hall–Kier alpha value is -1.53. The molecule has 0 saturated heterocycles. The number of nitrogens with two attached hydrogens (primary N) is 1. The average molecular weight is 173 g/mol. The molecule has 3 heteroatoms. The van der Waals surface area contributed by atoms with E-state index in [0.717, 1.165) is 24.2 Å². The molecule has 1 atom stereocenters. The number of rotatable bonds is 0. The second-order valence-electron chi connectivity index (χ2n) is 3.33. The van der Waals surface area contributed by atoms with Crippen LogP contribution in [0.5, 0.6) is 0 Å². The maximum atomic E-state index is 8.70. The first kappa shape index (κ1) is 8.09. The van der Waals surface area contributed by atoms with Crippen LogP contribution >= 0.6 is 0 Å². The Kier molecular flexibility index (Phi) is 1.91. The van der Waals surface area contributed by atoms with E-state index in [2.05, 4.69) is 11.4 Å². The highest BCUT2D eigenvalue weighted by Crippen LogP contribution is 2.22. The molecule has 0 amide bonds. The largest absolute Gasteiger partial charge is 0.383 e. The molecule has 1 aliphatic rings. The van der Waals surface area contributed by atoms with Crippen LogP contribution < -0.4 is 11.1 Å². The summed E-state index contributed by atoms with van der Waals surface area (Å²) in [4.78, 5) is 0. The Morgan fingerprint density at radius 3 is 3.15 bits per heavy atom. The van der Waals surface area contributed by atoms with Crippen LogP contribution in [0.15, 0.2) is 18.2 Å². The summed E-state index contributed by atoms with van der Waals surface area (Å²) in [5.74, 6) is 0. The minimum atomic E-state index is 0.168. The van der Waals surface area contributed by atoms with Gasteiger partial charge in [-0.15, -0.1) is 0 Å². The Bertz CT molecular complexity index is 365. The van der Waals surface area contributed by atoms with Gasteiger partial charge in [-0.2, -0.15) is 5.26 Å². The lowest BCUT2D eigenvalue weighted by molar-refractivity contribution is 0.679. The first-order valence-corrected chi connectivity index (χ1v) is 4.32. The van der Waals surface area contributed by atoms with Gasteiger partial charge in [0.2, 0.25) is 0 Å². The molecule has 0 fully saturated rings. The quantitative estimate of drug-likeness (QED) is 0.611. The predicted octanol–water partition coefficient (Wildman–Crippen LogP) is 0.854. The van der Waals surface area contributed by atoms with E-state index < -0.39 is 0 Å². The van der Waals surface area contributed by atoms with Gasteiger partial charge in [0.05, 0.1) is 11.6 Å². The molecular weight excluding hydrogens is 162 g/mol. The number of fused-ring (bicyclic) bond motifs is 1. The van der Waals surface area contributed by atoms with Crippen LogP contribution in [-0.4, -0.2) is 12.6 Å². The number of nitrogens with zero attached hydrogens (tertiary/aromatic N) is 1. The third kappa shape index (κ3) is 1.49. The minimum absolute atomic E-state index is 0.168. The summed E-state index contributed by atoms with van der Waals surface area (Å²) in [7, 11) is 0. The van der Waals surface area contributed by atoms with Crippen molar-refractivity contribution in [2.45, 2.75) is 12.5 Å². The van der Waals surface area contributed by atoms with Gasteiger partial charge in [-0.25, -0.2) is 0 Å². The number of hydrogen-bond donors (Lipinski definition) is 2. The van der Waals surface area contributed by atoms with Gasteiger partial charge in [0.15, 0.2) is 0 Å². The zero-order valence-electron chi connectivity index (χ0n) is 7.25. The van der Waals surface area contributed by atoms with Gasteiger partial charge in [0.25, 0.3) is 0 Å². The fourth-order valence-electron chi connectivity index (χ4n) is 1.60. The first-order valence-electron chi connectivity index (χ1n) is 4.32. The molecule has 1 heterocycles. The van der Waals surface area contributed by atoms with Crippen LogP contribution in [0.1, 0.15) is 11.1 Å². The van der Waals surface area contributed by atoms with Crippen molar-refractivity contribution in [2.24, 2.45) is 5.73 Å². The molecule has 0 radical (unpaired) electrons. The zero-order valence-corrected chi connectivity index (χ0v) is 7.25. The normalized spacial score (nSPS) is 19.8. The van der Waals surface area contributed by atoms with Crippen molar-refractivity contribution in [3.8, 4) is 6.07 Å². The summed E-state index contributed by atoms with van der Waals surface area (Å²) >= 11 is 0. The topological polar surface area (TPSA) is 61.8 Å². The van der Waals surface area contributed by atoms with Crippen molar-refractivity contribution in [1.29, 1.82) is 5.26 Å². The Labute approximate surface area is 77.2 Å². The average Bonchev–Trinajstić information content (AvgIpc) is 2.16. The molecule has 0 aromatic heterocycles. The highest BCUT2D eigenvalue weighted by molar-refractivity contribution is 5.56. The highest BCUT2D eigenvalue weighted by atomic mass is 14.9. The maximum Gasteiger partial charge on any atom is 0.0991 e. The van der Waals surface area contributed by atoms with Crippen LogP contribution in [0.25, 0.3) is 0 Å². The van der Waals surface area contributed by atoms with Crippen molar-refractivity contribution >= 4 is 5.69 Å². The number of nitriles is 1. The van der Waals surface area contributed by atoms with Crippen LogP contribution in [-0.2, 0) is 6.42 Å². The monoisotopic (exact) mass is 173 g/mol. The zero-order chi connectivity index (χ0) is 9.26. The molecule has 66 valence electrons. The highest BCUT2D eigenvalue weighted by Gasteiger charge is 2.14. The standard InChI is InChI=1S/C10H11N3/c11-5-7-1-2-10-8(3-7)4-9(12)6-13-10/h1-3,9,13H,4,6,12H2/t9-/m1/s1. The van der Waals surface area contributed by atoms with Gasteiger partial charge in [0.1, 0.15) is 0 Å². The van der Waals surface area contributed by atoms with Crippen molar-refractivity contribution < 1.29 is 0 Å². The maximum absolute atomic E-state index is 8.70. The van der Waals surface area contributed by atoms with Crippen LogP contribution in [0.2, 0.25) is 0 Å². The van der Waals surface area contributed by atoms with Gasteiger partial charge >= 0.3 is 0 Å². The smallest absolute Gasteiger partial charge is 0.0991 e. The molecule has 13 heavy (non-hydrogen) atoms. The van der Waals surface area contributed by atoms with Gasteiger partial charge in [-0.3, -0.25) is 0 Å².